The first-order chi connectivity index (χ1) is 15.4. The maximum absolute atomic E-state index is 13.8. The fraction of sp³-hybridized carbons (Fsp3) is 0.217. The standard InChI is InChI=1S/C23H23N5O3S/c1-2-13-32(31,27-22(30)17-11-7-4-8-12-17)23-25-20(24)18-14-19(29)28(21(18)26-23)15-16-9-5-3-6-10-16/h3-12H,2,13-15H2,1H3,(H2,24,25,26). The van der Waals surface area contributed by atoms with Crippen molar-refractivity contribution in [3.63, 3.8) is 0 Å². The quantitative estimate of drug-likeness (QED) is 0.577. The van der Waals surface area contributed by atoms with Crippen LogP contribution in [0.25, 0.3) is 0 Å². The average Bonchev–Trinajstić information content (AvgIpc) is 3.11. The zero-order valence-electron chi connectivity index (χ0n) is 17.6. The predicted molar refractivity (Wildman–Crippen MR) is 123 cm³/mol. The maximum atomic E-state index is 13.8. The lowest BCUT2D eigenvalue weighted by molar-refractivity contribution is -0.117. The third kappa shape index (κ3) is 4.24. The second-order valence-corrected chi connectivity index (χ2v) is 9.68. The molecule has 1 unspecified atom stereocenters. The van der Waals surface area contributed by atoms with Crippen molar-refractivity contribution in [2.45, 2.75) is 31.5 Å². The van der Waals surface area contributed by atoms with Crippen LogP contribution < -0.4 is 10.6 Å². The fourth-order valence-corrected chi connectivity index (χ4v) is 5.27. The van der Waals surface area contributed by atoms with Crippen LogP contribution in [0.5, 0.6) is 0 Å². The Bertz CT molecular complexity index is 1290. The number of benzene rings is 2. The van der Waals surface area contributed by atoms with E-state index in [4.69, 9.17) is 5.73 Å². The number of rotatable bonds is 6. The summed E-state index contributed by atoms with van der Waals surface area (Å²) in [5.41, 5.74) is 7.89. The van der Waals surface area contributed by atoms with Gasteiger partial charge in [-0.3, -0.25) is 14.5 Å². The topological polar surface area (TPSA) is 119 Å². The number of fused-ring (bicyclic) bond motifs is 1. The van der Waals surface area contributed by atoms with E-state index < -0.39 is 15.6 Å². The first-order valence-electron chi connectivity index (χ1n) is 10.3. The lowest BCUT2D eigenvalue weighted by Crippen LogP contribution is -2.27. The summed E-state index contributed by atoms with van der Waals surface area (Å²) in [5.74, 6) is -0.269. The summed E-state index contributed by atoms with van der Waals surface area (Å²) in [7, 11) is -3.29. The van der Waals surface area contributed by atoms with Crippen molar-refractivity contribution in [2.24, 2.45) is 4.36 Å². The minimum Gasteiger partial charge on any atom is -0.383 e. The number of nitrogens with two attached hydrogens (primary N) is 1. The van der Waals surface area contributed by atoms with Gasteiger partial charge in [0.05, 0.1) is 13.0 Å². The van der Waals surface area contributed by atoms with Crippen LogP contribution in [0.1, 0.15) is 34.8 Å². The van der Waals surface area contributed by atoms with E-state index in [-0.39, 0.29) is 29.1 Å². The van der Waals surface area contributed by atoms with E-state index in [1.165, 1.54) is 4.90 Å². The molecule has 0 saturated heterocycles. The highest BCUT2D eigenvalue weighted by Crippen LogP contribution is 2.33. The summed E-state index contributed by atoms with van der Waals surface area (Å²) in [4.78, 5) is 35.6. The van der Waals surface area contributed by atoms with Gasteiger partial charge in [-0.2, -0.15) is 4.36 Å². The van der Waals surface area contributed by atoms with Crippen molar-refractivity contribution in [2.75, 3.05) is 16.4 Å². The van der Waals surface area contributed by atoms with Crippen LogP contribution in [0.4, 0.5) is 11.6 Å². The number of aromatic nitrogens is 2. The summed E-state index contributed by atoms with van der Waals surface area (Å²) in [5, 5.41) is -0.118. The number of hydrogen-bond donors (Lipinski definition) is 1. The molecule has 0 bridgehead atoms. The molecular formula is C23H23N5O3S. The molecule has 0 aliphatic carbocycles. The van der Waals surface area contributed by atoms with Crippen LogP contribution in [0.3, 0.4) is 0 Å². The third-order valence-electron chi connectivity index (χ3n) is 5.08. The summed E-state index contributed by atoms with van der Waals surface area (Å²) >= 11 is 0. The molecule has 1 atom stereocenters. The second kappa shape index (κ2) is 8.88. The van der Waals surface area contributed by atoms with Gasteiger partial charge >= 0.3 is 0 Å². The van der Waals surface area contributed by atoms with E-state index in [0.29, 0.717) is 29.9 Å². The molecule has 1 aliphatic rings. The SMILES string of the molecule is CCCS(=O)(=NC(=O)c1ccccc1)c1nc(N)c2c(n1)N(Cc1ccccc1)C(=O)C2. The average molecular weight is 450 g/mol. The first-order valence-corrected chi connectivity index (χ1v) is 11.9. The van der Waals surface area contributed by atoms with Crippen molar-refractivity contribution in [3.8, 4) is 0 Å². The van der Waals surface area contributed by atoms with Gasteiger partial charge in [-0.25, -0.2) is 14.2 Å². The Morgan fingerprint density at radius 3 is 2.41 bits per heavy atom. The Morgan fingerprint density at radius 1 is 1.09 bits per heavy atom. The molecule has 2 amide bonds. The Morgan fingerprint density at radius 2 is 1.75 bits per heavy atom. The van der Waals surface area contributed by atoms with Gasteiger partial charge in [-0.05, 0) is 24.1 Å². The molecule has 0 spiro atoms. The Labute approximate surface area is 186 Å². The summed E-state index contributed by atoms with van der Waals surface area (Å²) < 4.78 is 17.8. The zero-order chi connectivity index (χ0) is 22.7. The lowest BCUT2D eigenvalue weighted by Gasteiger charge is -2.18. The molecule has 0 saturated carbocycles. The molecule has 0 radical (unpaired) electrons. The highest BCUT2D eigenvalue weighted by atomic mass is 32.2. The van der Waals surface area contributed by atoms with Crippen LogP contribution >= 0.6 is 0 Å². The molecule has 9 heteroatoms. The first kappa shape index (κ1) is 21.6. The van der Waals surface area contributed by atoms with E-state index in [9.17, 15) is 13.8 Å². The molecule has 4 rings (SSSR count). The zero-order valence-corrected chi connectivity index (χ0v) is 18.4. The molecule has 8 nitrogen and oxygen atoms in total. The molecule has 1 aromatic heterocycles. The van der Waals surface area contributed by atoms with E-state index in [1.807, 2.05) is 37.3 Å². The highest BCUT2D eigenvalue weighted by molar-refractivity contribution is 7.93. The van der Waals surface area contributed by atoms with E-state index in [0.717, 1.165) is 5.56 Å². The number of carbonyl (C=O) groups excluding carboxylic acids is 2. The fourth-order valence-electron chi connectivity index (χ4n) is 3.52. The van der Waals surface area contributed by atoms with Crippen LogP contribution in [-0.4, -0.2) is 31.7 Å². The normalized spacial score (nSPS) is 14.7. The van der Waals surface area contributed by atoms with Crippen molar-refractivity contribution >= 4 is 33.2 Å². The number of nitrogens with zero attached hydrogens (tertiary/aromatic N) is 4. The molecule has 2 N–H and O–H groups in total. The lowest BCUT2D eigenvalue weighted by atomic mass is 10.2. The van der Waals surface area contributed by atoms with Crippen molar-refractivity contribution in [1.82, 2.24) is 9.97 Å². The van der Waals surface area contributed by atoms with Gasteiger partial charge in [0.15, 0.2) is 0 Å². The van der Waals surface area contributed by atoms with Crippen molar-refractivity contribution < 1.29 is 13.8 Å². The summed E-state index contributed by atoms with van der Waals surface area (Å²) in [6, 6.07) is 17.9. The molecule has 2 heterocycles. The van der Waals surface area contributed by atoms with Crippen molar-refractivity contribution in [3.05, 3.63) is 77.4 Å². The molecular weight excluding hydrogens is 426 g/mol. The van der Waals surface area contributed by atoms with Gasteiger partial charge in [0, 0.05) is 16.9 Å². The second-order valence-electron chi connectivity index (χ2n) is 7.44. The maximum Gasteiger partial charge on any atom is 0.285 e. The van der Waals surface area contributed by atoms with Crippen molar-refractivity contribution in [1.29, 1.82) is 0 Å². The Kier molecular flexibility index (Phi) is 6.00. The molecule has 32 heavy (non-hydrogen) atoms. The number of anilines is 2. The van der Waals surface area contributed by atoms with E-state index >= 15 is 0 Å². The Hall–Kier alpha value is -3.59. The largest absolute Gasteiger partial charge is 0.383 e. The smallest absolute Gasteiger partial charge is 0.285 e. The minimum absolute atomic E-state index is 0.0728. The number of hydrogen-bond acceptors (Lipinski definition) is 6. The van der Waals surface area contributed by atoms with Crippen LogP contribution in [-0.2, 0) is 27.5 Å². The third-order valence-corrected chi connectivity index (χ3v) is 7.26. The minimum atomic E-state index is -3.29. The molecule has 3 aromatic rings. The van der Waals surface area contributed by atoms with E-state index in [2.05, 4.69) is 14.3 Å². The van der Waals surface area contributed by atoms with Crippen LogP contribution in [0, 0.1) is 0 Å². The molecule has 1 aliphatic heterocycles. The van der Waals surface area contributed by atoms with Gasteiger partial charge in [0.25, 0.3) is 5.91 Å². The monoisotopic (exact) mass is 449 g/mol. The van der Waals surface area contributed by atoms with E-state index in [1.54, 1.807) is 30.3 Å². The number of nitrogen functional groups attached to an aromatic ring is 1. The predicted octanol–water partition coefficient (Wildman–Crippen LogP) is 3.23. The summed E-state index contributed by atoms with van der Waals surface area (Å²) in [6.07, 6.45) is 0.570. The Balaban J connectivity index is 1.79. The van der Waals surface area contributed by atoms with Gasteiger partial charge in [0.1, 0.15) is 21.4 Å². The van der Waals surface area contributed by atoms with Gasteiger partial charge in [-0.15, -0.1) is 0 Å². The molecule has 0 fully saturated rings. The number of amides is 2. The summed E-state index contributed by atoms with van der Waals surface area (Å²) in [6.45, 7) is 2.14. The molecule has 164 valence electrons. The molecule has 2 aromatic carbocycles. The van der Waals surface area contributed by atoms with Gasteiger partial charge in [0.2, 0.25) is 11.1 Å². The van der Waals surface area contributed by atoms with Crippen LogP contribution in [0.2, 0.25) is 0 Å². The highest BCUT2D eigenvalue weighted by Gasteiger charge is 2.33. The number of carbonyl (C=O) groups is 2. The van der Waals surface area contributed by atoms with Gasteiger partial charge < -0.3 is 5.73 Å². The van der Waals surface area contributed by atoms with Gasteiger partial charge in [-0.1, -0.05) is 55.5 Å². The van der Waals surface area contributed by atoms with Crippen LogP contribution in [0.15, 0.2) is 70.2 Å².